The summed E-state index contributed by atoms with van der Waals surface area (Å²) in [5, 5.41) is 3.63. The quantitative estimate of drug-likeness (QED) is 0.712. The summed E-state index contributed by atoms with van der Waals surface area (Å²) >= 11 is 0. The second-order valence-corrected chi connectivity index (χ2v) is 6.16. The first-order valence-electron chi connectivity index (χ1n) is 8.20. The van der Waals surface area contributed by atoms with Gasteiger partial charge in [0.15, 0.2) is 0 Å². The van der Waals surface area contributed by atoms with Crippen LogP contribution in [0.15, 0.2) is 60.7 Å². The van der Waals surface area contributed by atoms with Crippen LogP contribution in [-0.2, 0) is 6.42 Å². The zero-order chi connectivity index (χ0) is 15.6. The monoisotopic (exact) mass is 296 g/mol. The molecule has 2 nitrogen and oxygen atoms in total. The topological polar surface area (TPSA) is 15.3 Å². The van der Waals surface area contributed by atoms with E-state index in [4.69, 9.17) is 0 Å². The van der Waals surface area contributed by atoms with Gasteiger partial charge in [-0.1, -0.05) is 60.7 Å². The Morgan fingerprint density at radius 3 is 2.18 bits per heavy atom. The molecule has 22 heavy (non-hydrogen) atoms. The molecule has 0 aliphatic heterocycles. The summed E-state index contributed by atoms with van der Waals surface area (Å²) in [7, 11) is 4.25. The fourth-order valence-corrected chi connectivity index (χ4v) is 2.73. The summed E-state index contributed by atoms with van der Waals surface area (Å²) in [6, 6.07) is 21.6. The molecular weight excluding hydrogens is 268 g/mol. The predicted octanol–water partition coefficient (Wildman–Crippen LogP) is 3.55. The van der Waals surface area contributed by atoms with Gasteiger partial charge >= 0.3 is 0 Å². The SMILES string of the molecule is CN(C)CCCNCC(Cc1ccccc1)c1ccccc1. The minimum absolute atomic E-state index is 0.531. The summed E-state index contributed by atoms with van der Waals surface area (Å²) in [5.74, 6) is 0.531. The molecule has 0 aliphatic rings. The van der Waals surface area contributed by atoms with Gasteiger partial charge < -0.3 is 10.2 Å². The third-order valence-electron chi connectivity index (χ3n) is 3.95. The van der Waals surface area contributed by atoms with Gasteiger partial charge in [0.05, 0.1) is 0 Å². The van der Waals surface area contributed by atoms with E-state index in [9.17, 15) is 0 Å². The smallest absolute Gasteiger partial charge is 0.00233 e. The Hall–Kier alpha value is -1.64. The fourth-order valence-electron chi connectivity index (χ4n) is 2.73. The second kappa shape index (κ2) is 9.39. The average Bonchev–Trinajstić information content (AvgIpc) is 2.55. The molecule has 2 aromatic carbocycles. The maximum absolute atomic E-state index is 3.63. The van der Waals surface area contributed by atoms with Gasteiger partial charge in [-0.15, -0.1) is 0 Å². The molecule has 0 spiro atoms. The van der Waals surface area contributed by atoms with Gasteiger partial charge in [-0.05, 0) is 51.2 Å². The number of rotatable bonds is 9. The summed E-state index contributed by atoms with van der Waals surface area (Å²) < 4.78 is 0. The maximum Gasteiger partial charge on any atom is 0.00233 e. The van der Waals surface area contributed by atoms with Crippen LogP contribution in [0, 0.1) is 0 Å². The van der Waals surface area contributed by atoms with Gasteiger partial charge in [-0.25, -0.2) is 0 Å². The van der Waals surface area contributed by atoms with Crippen LogP contribution >= 0.6 is 0 Å². The number of nitrogens with zero attached hydrogens (tertiary/aromatic N) is 1. The molecule has 0 bridgehead atoms. The van der Waals surface area contributed by atoms with Crippen molar-refractivity contribution >= 4 is 0 Å². The van der Waals surface area contributed by atoms with E-state index < -0.39 is 0 Å². The van der Waals surface area contributed by atoms with Crippen molar-refractivity contribution in [1.29, 1.82) is 0 Å². The maximum atomic E-state index is 3.63. The summed E-state index contributed by atoms with van der Waals surface area (Å²) in [6.45, 7) is 3.25. The van der Waals surface area contributed by atoms with Crippen molar-refractivity contribution in [2.45, 2.75) is 18.8 Å². The molecule has 1 unspecified atom stereocenters. The highest BCUT2D eigenvalue weighted by Crippen LogP contribution is 2.20. The van der Waals surface area contributed by atoms with Crippen molar-refractivity contribution < 1.29 is 0 Å². The van der Waals surface area contributed by atoms with Crippen LogP contribution in [0.2, 0.25) is 0 Å². The summed E-state index contributed by atoms with van der Waals surface area (Å²) in [4.78, 5) is 2.24. The van der Waals surface area contributed by atoms with Gasteiger partial charge in [0.2, 0.25) is 0 Å². The van der Waals surface area contributed by atoms with Crippen LogP contribution in [0.3, 0.4) is 0 Å². The Kier molecular flexibility index (Phi) is 7.14. The van der Waals surface area contributed by atoms with Gasteiger partial charge in [0.1, 0.15) is 0 Å². The zero-order valence-electron chi connectivity index (χ0n) is 13.8. The van der Waals surface area contributed by atoms with Crippen molar-refractivity contribution in [3.8, 4) is 0 Å². The molecule has 0 heterocycles. The van der Waals surface area contributed by atoms with Crippen LogP contribution < -0.4 is 5.32 Å². The van der Waals surface area contributed by atoms with E-state index in [2.05, 4.69) is 85.0 Å². The van der Waals surface area contributed by atoms with E-state index in [0.29, 0.717) is 5.92 Å². The first-order valence-corrected chi connectivity index (χ1v) is 8.20. The molecular formula is C20H28N2. The molecule has 2 rings (SSSR count). The first-order chi connectivity index (χ1) is 10.8. The predicted molar refractivity (Wildman–Crippen MR) is 95.4 cm³/mol. The highest BCUT2D eigenvalue weighted by Gasteiger charge is 2.11. The lowest BCUT2D eigenvalue weighted by molar-refractivity contribution is 0.392. The third-order valence-corrected chi connectivity index (χ3v) is 3.95. The lowest BCUT2D eigenvalue weighted by atomic mass is 9.92. The van der Waals surface area contributed by atoms with Crippen molar-refractivity contribution in [2.75, 3.05) is 33.7 Å². The Balaban J connectivity index is 1.91. The van der Waals surface area contributed by atoms with E-state index in [0.717, 1.165) is 26.1 Å². The van der Waals surface area contributed by atoms with Crippen LogP contribution in [0.5, 0.6) is 0 Å². The molecule has 1 atom stereocenters. The van der Waals surface area contributed by atoms with E-state index in [1.54, 1.807) is 0 Å². The molecule has 0 saturated heterocycles. The van der Waals surface area contributed by atoms with Crippen molar-refractivity contribution in [3.05, 3.63) is 71.8 Å². The van der Waals surface area contributed by atoms with Crippen LogP contribution in [-0.4, -0.2) is 38.6 Å². The minimum Gasteiger partial charge on any atom is -0.316 e. The number of nitrogens with one attached hydrogen (secondary N) is 1. The van der Waals surface area contributed by atoms with Gasteiger partial charge in [-0.2, -0.15) is 0 Å². The molecule has 2 aromatic rings. The molecule has 0 radical (unpaired) electrons. The Morgan fingerprint density at radius 2 is 1.55 bits per heavy atom. The molecule has 0 amide bonds. The number of hydrogen-bond acceptors (Lipinski definition) is 2. The molecule has 0 aliphatic carbocycles. The Labute approximate surface area is 135 Å². The van der Waals surface area contributed by atoms with Gasteiger partial charge in [-0.3, -0.25) is 0 Å². The molecule has 0 aromatic heterocycles. The van der Waals surface area contributed by atoms with E-state index >= 15 is 0 Å². The molecule has 0 fully saturated rings. The average molecular weight is 296 g/mol. The van der Waals surface area contributed by atoms with Crippen LogP contribution in [0.4, 0.5) is 0 Å². The molecule has 118 valence electrons. The van der Waals surface area contributed by atoms with E-state index in [1.165, 1.54) is 17.5 Å². The van der Waals surface area contributed by atoms with Crippen LogP contribution in [0.1, 0.15) is 23.5 Å². The fraction of sp³-hybridized carbons (Fsp3) is 0.400. The largest absolute Gasteiger partial charge is 0.316 e. The van der Waals surface area contributed by atoms with E-state index in [-0.39, 0.29) is 0 Å². The van der Waals surface area contributed by atoms with Crippen LogP contribution in [0.25, 0.3) is 0 Å². The van der Waals surface area contributed by atoms with Gasteiger partial charge in [0, 0.05) is 12.5 Å². The first kappa shape index (κ1) is 16.7. The highest BCUT2D eigenvalue weighted by molar-refractivity contribution is 5.24. The third kappa shape index (κ3) is 6.00. The summed E-state index contributed by atoms with van der Waals surface area (Å²) in [5.41, 5.74) is 2.83. The van der Waals surface area contributed by atoms with Gasteiger partial charge in [0.25, 0.3) is 0 Å². The number of hydrogen-bond donors (Lipinski definition) is 1. The zero-order valence-corrected chi connectivity index (χ0v) is 13.8. The summed E-state index contributed by atoms with van der Waals surface area (Å²) in [6.07, 6.45) is 2.28. The van der Waals surface area contributed by atoms with Crippen molar-refractivity contribution in [1.82, 2.24) is 10.2 Å². The molecule has 2 heteroatoms. The Morgan fingerprint density at radius 1 is 0.909 bits per heavy atom. The lowest BCUT2D eigenvalue weighted by Crippen LogP contribution is -2.26. The lowest BCUT2D eigenvalue weighted by Gasteiger charge is -2.19. The molecule has 0 saturated carbocycles. The highest BCUT2D eigenvalue weighted by atomic mass is 15.1. The van der Waals surface area contributed by atoms with Crippen molar-refractivity contribution in [2.24, 2.45) is 0 Å². The van der Waals surface area contributed by atoms with E-state index in [1.807, 2.05) is 0 Å². The standard InChI is InChI=1S/C20H28N2/c1-22(2)15-9-14-21-17-20(19-12-7-4-8-13-19)16-18-10-5-3-6-11-18/h3-8,10-13,20-21H,9,14-17H2,1-2H3. The minimum atomic E-state index is 0.531. The Bertz CT molecular complexity index is 508. The normalized spacial score (nSPS) is 12.5. The molecule has 1 N–H and O–H groups in total. The van der Waals surface area contributed by atoms with Crippen molar-refractivity contribution in [3.63, 3.8) is 0 Å². The number of benzene rings is 2. The second-order valence-electron chi connectivity index (χ2n) is 6.16.